The number of hydrogen-bond donors (Lipinski definition) is 0. The fraction of sp³-hybridized carbons (Fsp3) is 0.0833. The number of rotatable bonds is 1. The zero-order valence-corrected chi connectivity index (χ0v) is 7.94. The maximum Gasteiger partial charge on any atom is 0.296 e. The van der Waals surface area contributed by atoms with E-state index in [2.05, 4.69) is 10.9 Å². The second-order valence-electron chi connectivity index (χ2n) is 3.25. The summed E-state index contributed by atoms with van der Waals surface area (Å²) in [6.45, 7) is 1.78. The van der Waals surface area contributed by atoms with Gasteiger partial charge in [0.25, 0.3) is 5.71 Å². The van der Waals surface area contributed by atoms with Gasteiger partial charge in [-0.3, -0.25) is 0 Å². The van der Waals surface area contributed by atoms with Gasteiger partial charge in [0.15, 0.2) is 0 Å². The van der Waals surface area contributed by atoms with E-state index in [-0.39, 0.29) is 0 Å². The van der Waals surface area contributed by atoms with E-state index in [1.165, 1.54) is 5.39 Å². The van der Waals surface area contributed by atoms with Gasteiger partial charge in [0, 0.05) is 6.92 Å². The minimum atomic E-state index is 0.635. The van der Waals surface area contributed by atoms with Crippen molar-refractivity contribution in [2.24, 2.45) is 0 Å². The van der Waals surface area contributed by atoms with E-state index in [1.54, 1.807) is 6.92 Å². The lowest BCUT2D eigenvalue weighted by atomic mass is 10.0. The fourth-order valence-corrected chi connectivity index (χ4v) is 1.47. The molecule has 0 spiro atoms. The molecule has 0 fully saturated rings. The van der Waals surface area contributed by atoms with Crippen LogP contribution in [0.3, 0.4) is 0 Å². The second-order valence-corrected chi connectivity index (χ2v) is 3.25. The molecule has 0 saturated heterocycles. The molecule has 0 aliphatic heterocycles. The molecular formula is C12H10N2. The summed E-state index contributed by atoms with van der Waals surface area (Å²) < 4.78 is 0. The van der Waals surface area contributed by atoms with Gasteiger partial charge in [-0.2, -0.15) is 4.79 Å². The molecule has 0 aromatic heterocycles. The van der Waals surface area contributed by atoms with Crippen molar-refractivity contribution < 1.29 is 4.79 Å². The summed E-state index contributed by atoms with van der Waals surface area (Å²) in [4.78, 5) is 3.18. The van der Waals surface area contributed by atoms with Crippen LogP contribution in [0.15, 0.2) is 42.5 Å². The molecule has 0 amide bonds. The fourth-order valence-electron chi connectivity index (χ4n) is 1.47. The average Bonchev–Trinajstić information content (AvgIpc) is 2.27. The summed E-state index contributed by atoms with van der Waals surface area (Å²) in [5.74, 6) is 0. The summed E-state index contributed by atoms with van der Waals surface area (Å²) in [5.41, 5.74) is 10.2. The molecule has 0 saturated carbocycles. The molecule has 0 bridgehead atoms. The maximum atomic E-state index is 8.65. The highest BCUT2D eigenvalue weighted by molar-refractivity contribution is 5.98. The summed E-state index contributed by atoms with van der Waals surface area (Å²) in [6, 6.07) is 14.1. The lowest BCUT2D eigenvalue weighted by Gasteiger charge is -1.97. The first kappa shape index (κ1) is 8.67. The molecule has 14 heavy (non-hydrogen) atoms. The summed E-state index contributed by atoms with van der Waals surface area (Å²) in [7, 11) is 0. The predicted octanol–water partition coefficient (Wildman–Crippen LogP) is 2.88. The Morgan fingerprint density at radius 3 is 2.50 bits per heavy atom. The molecule has 2 rings (SSSR count). The van der Waals surface area contributed by atoms with Crippen LogP contribution in [0, 0.1) is 0 Å². The molecule has 0 aliphatic carbocycles. The lowest BCUT2D eigenvalue weighted by Crippen LogP contribution is -1.94. The van der Waals surface area contributed by atoms with Crippen LogP contribution in [0.25, 0.3) is 16.3 Å². The van der Waals surface area contributed by atoms with Crippen LogP contribution < -0.4 is 0 Å². The molecule has 0 N–H and O–H groups in total. The quantitative estimate of drug-likeness (QED) is 0.369. The van der Waals surface area contributed by atoms with E-state index in [1.807, 2.05) is 36.4 Å². The van der Waals surface area contributed by atoms with E-state index in [9.17, 15) is 0 Å². The Balaban J connectivity index is 2.68. The van der Waals surface area contributed by atoms with Crippen molar-refractivity contribution in [3.05, 3.63) is 53.6 Å². The van der Waals surface area contributed by atoms with Crippen molar-refractivity contribution in [3.63, 3.8) is 0 Å². The minimum Gasteiger partial charge on any atom is -0.361 e. The molecule has 0 unspecified atom stereocenters. The highest BCUT2D eigenvalue weighted by Crippen LogP contribution is 2.15. The van der Waals surface area contributed by atoms with Crippen LogP contribution >= 0.6 is 0 Å². The molecule has 0 heterocycles. The summed E-state index contributed by atoms with van der Waals surface area (Å²) >= 11 is 0. The number of benzene rings is 2. The van der Waals surface area contributed by atoms with Crippen molar-refractivity contribution in [1.29, 1.82) is 0 Å². The van der Waals surface area contributed by atoms with E-state index < -0.39 is 0 Å². The van der Waals surface area contributed by atoms with Crippen LogP contribution in [-0.4, -0.2) is 10.5 Å². The normalized spacial score (nSPS) is 9.79. The van der Waals surface area contributed by atoms with E-state index in [4.69, 9.17) is 5.53 Å². The van der Waals surface area contributed by atoms with Gasteiger partial charge in [0.1, 0.15) is 0 Å². The average molecular weight is 182 g/mol. The molecule has 2 aromatic carbocycles. The molecule has 0 atom stereocenters. The first-order valence-corrected chi connectivity index (χ1v) is 4.49. The molecule has 2 heteroatoms. The third-order valence-corrected chi connectivity index (χ3v) is 2.32. The molecule has 2 nitrogen and oxygen atoms in total. The number of fused-ring (bicyclic) bond motifs is 1. The smallest absolute Gasteiger partial charge is 0.296 e. The third kappa shape index (κ3) is 1.43. The van der Waals surface area contributed by atoms with Gasteiger partial charge >= 0.3 is 0 Å². The van der Waals surface area contributed by atoms with Crippen LogP contribution in [0.4, 0.5) is 0 Å². The lowest BCUT2D eigenvalue weighted by molar-refractivity contribution is -0.00459. The van der Waals surface area contributed by atoms with Crippen molar-refractivity contribution in [2.75, 3.05) is 0 Å². The zero-order chi connectivity index (χ0) is 9.97. The van der Waals surface area contributed by atoms with Crippen LogP contribution in [0.2, 0.25) is 0 Å². The van der Waals surface area contributed by atoms with Gasteiger partial charge in [0.2, 0.25) is 0 Å². The van der Waals surface area contributed by atoms with E-state index in [0.29, 0.717) is 5.71 Å². The second kappa shape index (κ2) is 3.44. The topological polar surface area (TPSA) is 36.4 Å². The van der Waals surface area contributed by atoms with Crippen LogP contribution in [0.1, 0.15) is 12.5 Å². The van der Waals surface area contributed by atoms with Crippen LogP contribution in [-0.2, 0) is 0 Å². The molecule has 68 valence electrons. The molecular weight excluding hydrogens is 172 g/mol. The van der Waals surface area contributed by atoms with Crippen LogP contribution in [0.5, 0.6) is 0 Å². The molecule has 0 aliphatic rings. The van der Waals surface area contributed by atoms with Crippen molar-refractivity contribution >= 4 is 16.5 Å². The Bertz CT molecular complexity index is 523. The molecule has 2 aromatic rings. The minimum absolute atomic E-state index is 0.635. The number of nitrogens with zero attached hydrogens (tertiary/aromatic N) is 2. The Hall–Kier alpha value is -1.92. The number of hydrogen-bond acceptors (Lipinski definition) is 0. The predicted molar refractivity (Wildman–Crippen MR) is 57.4 cm³/mol. The Morgan fingerprint density at radius 2 is 1.79 bits per heavy atom. The van der Waals surface area contributed by atoms with E-state index in [0.717, 1.165) is 10.9 Å². The van der Waals surface area contributed by atoms with Gasteiger partial charge in [-0.25, -0.2) is 0 Å². The van der Waals surface area contributed by atoms with E-state index >= 15 is 0 Å². The Morgan fingerprint density at radius 1 is 1.07 bits per heavy atom. The molecule has 0 radical (unpaired) electrons. The van der Waals surface area contributed by atoms with Gasteiger partial charge in [-0.05, 0) is 22.9 Å². The highest BCUT2D eigenvalue weighted by Gasteiger charge is 2.04. The monoisotopic (exact) mass is 182 g/mol. The van der Waals surface area contributed by atoms with Gasteiger partial charge in [-0.1, -0.05) is 30.3 Å². The van der Waals surface area contributed by atoms with Gasteiger partial charge in [-0.15, -0.1) is 0 Å². The van der Waals surface area contributed by atoms with Gasteiger partial charge < -0.3 is 5.53 Å². The van der Waals surface area contributed by atoms with Crippen molar-refractivity contribution in [1.82, 2.24) is 0 Å². The summed E-state index contributed by atoms with van der Waals surface area (Å²) in [6.07, 6.45) is 0. The zero-order valence-electron chi connectivity index (χ0n) is 7.94. The summed E-state index contributed by atoms with van der Waals surface area (Å²) in [5, 5.41) is 2.36. The van der Waals surface area contributed by atoms with Crippen molar-refractivity contribution in [3.8, 4) is 0 Å². The highest BCUT2D eigenvalue weighted by atomic mass is 14.8. The SMILES string of the molecule is CC(=[N+]=[N-])c1ccc2ccccc2c1. The third-order valence-electron chi connectivity index (χ3n) is 2.32. The maximum absolute atomic E-state index is 8.65. The largest absolute Gasteiger partial charge is 0.361 e. The first-order valence-electron chi connectivity index (χ1n) is 4.49. The van der Waals surface area contributed by atoms with Gasteiger partial charge in [0.05, 0.1) is 5.56 Å². The standard InChI is InChI=1S/C12H10N2/c1-9(14-13)11-7-6-10-4-2-3-5-12(10)8-11/h2-8H,1H3. The Labute approximate surface area is 82.4 Å². The Kier molecular flexibility index (Phi) is 2.13. The first-order chi connectivity index (χ1) is 6.81. The van der Waals surface area contributed by atoms with Crippen molar-refractivity contribution in [2.45, 2.75) is 6.92 Å².